The summed E-state index contributed by atoms with van der Waals surface area (Å²) in [7, 11) is 0. The zero-order chi connectivity index (χ0) is 5.86. The Morgan fingerprint density at radius 3 is 2.00 bits per heavy atom. The van der Waals surface area contributed by atoms with Gasteiger partial charge < -0.3 is 10.6 Å². The minimum atomic E-state index is -0.713. The topological polar surface area (TPSA) is 68.8 Å². The molecule has 0 aliphatic rings. The summed E-state index contributed by atoms with van der Waals surface area (Å²) in [6.45, 7) is 3.77. The van der Waals surface area contributed by atoms with Crippen molar-refractivity contribution in [2.45, 2.75) is 20.3 Å². The smallest absolute Gasteiger partial charge is 0.303 e. The average Bonchev–Trinajstić information content (AvgIpc) is 1.27. The molecule has 0 fully saturated rings. The molecule has 0 aliphatic heterocycles. The Morgan fingerprint density at radius 1 is 1.62 bits per heavy atom. The lowest BCUT2D eigenvalue weighted by Gasteiger charge is -1.94. The van der Waals surface area contributed by atoms with Crippen LogP contribution in [0, 0.1) is 5.92 Å². The van der Waals surface area contributed by atoms with Gasteiger partial charge in [0.05, 0.1) is 0 Å². The quantitative estimate of drug-likeness (QED) is 0.569. The van der Waals surface area contributed by atoms with Crippen molar-refractivity contribution in [1.82, 2.24) is 0 Å². The molecule has 0 saturated heterocycles. The standard InChI is InChI=1S/C5H10O2.H2O/c1-4(2)3-5(6)7;/h4H,3H2,1-2H3,(H,6,7);1H2. The zero-order valence-corrected chi connectivity index (χ0v) is 5.14. The SMILES string of the molecule is CC(C)CC(=O)O.O. The minimum Gasteiger partial charge on any atom is -0.481 e. The van der Waals surface area contributed by atoms with E-state index in [1.807, 2.05) is 13.8 Å². The highest BCUT2D eigenvalue weighted by Gasteiger charge is 1.98. The molecule has 3 N–H and O–H groups in total. The number of carboxylic acids is 1. The molecule has 0 aromatic rings. The van der Waals surface area contributed by atoms with Gasteiger partial charge in [-0.1, -0.05) is 13.8 Å². The summed E-state index contributed by atoms with van der Waals surface area (Å²) < 4.78 is 0. The summed E-state index contributed by atoms with van der Waals surface area (Å²) in [6, 6.07) is 0. The highest BCUT2D eigenvalue weighted by molar-refractivity contribution is 5.66. The largest absolute Gasteiger partial charge is 0.481 e. The van der Waals surface area contributed by atoms with E-state index in [0.29, 0.717) is 0 Å². The second kappa shape index (κ2) is 4.59. The Labute approximate surface area is 48.6 Å². The van der Waals surface area contributed by atoms with E-state index in [-0.39, 0.29) is 17.8 Å². The number of carbonyl (C=O) groups is 1. The summed E-state index contributed by atoms with van der Waals surface area (Å²) in [6.07, 6.45) is 0.278. The van der Waals surface area contributed by atoms with Crippen LogP contribution in [-0.2, 0) is 4.79 Å². The molecule has 0 rings (SSSR count). The fourth-order valence-corrected chi connectivity index (χ4v) is 0.349. The lowest BCUT2D eigenvalue weighted by Crippen LogP contribution is -1.99. The molecule has 0 spiro atoms. The van der Waals surface area contributed by atoms with Crippen molar-refractivity contribution in [1.29, 1.82) is 0 Å². The molecule has 0 saturated carbocycles. The molecule has 0 unspecified atom stereocenters. The maximum atomic E-state index is 9.81. The Balaban J connectivity index is 0. The van der Waals surface area contributed by atoms with Crippen LogP contribution >= 0.6 is 0 Å². The Hall–Kier alpha value is -0.570. The van der Waals surface area contributed by atoms with Gasteiger partial charge in [0.25, 0.3) is 0 Å². The molecule has 0 aliphatic carbocycles. The lowest BCUT2D eigenvalue weighted by atomic mass is 10.1. The van der Waals surface area contributed by atoms with Crippen LogP contribution in [0.15, 0.2) is 0 Å². The first-order valence-electron chi connectivity index (χ1n) is 2.34. The third kappa shape index (κ3) is 9.06. The molecule has 0 aromatic carbocycles. The maximum absolute atomic E-state index is 9.81. The number of aliphatic carboxylic acids is 1. The van der Waals surface area contributed by atoms with Gasteiger partial charge in [0.2, 0.25) is 0 Å². The summed E-state index contributed by atoms with van der Waals surface area (Å²) in [5, 5.41) is 8.08. The van der Waals surface area contributed by atoms with Gasteiger partial charge in [-0.2, -0.15) is 0 Å². The normalized spacial score (nSPS) is 8.38. The van der Waals surface area contributed by atoms with Crippen LogP contribution in [-0.4, -0.2) is 16.6 Å². The van der Waals surface area contributed by atoms with Crippen LogP contribution in [0.2, 0.25) is 0 Å². The van der Waals surface area contributed by atoms with Crippen LogP contribution in [0.4, 0.5) is 0 Å². The second-order valence-electron chi connectivity index (χ2n) is 1.99. The van der Waals surface area contributed by atoms with Crippen LogP contribution in [0.3, 0.4) is 0 Å². The van der Waals surface area contributed by atoms with Gasteiger partial charge in [-0.15, -0.1) is 0 Å². The molecule has 0 heterocycles. The Bertz CT molecular complexity index is 68.1. The first-order valence-corrected chi connectivity index (χ1v) is 2.34. The minimum absolute atomic E-state index is 0. The van der Waals surface area contributed by atoms with E-state index in [2.05, 4.69) is 0 Å². The van der Waals surface area contributed by atoms with E-state index in [0.717, 1.165) is 0 Å². The van der Waals surface area contributed by atoms with E-state index in [4.69, 9.17) is 5.11 Å². The number of carboxylic acid groups (broad SMARTS) is 1. The van der Waals surface area contributed by atoms with Gasteiger partial charge in [-0.3, -0.25) is 4.79 Å². The summed E-state index contributed by atoms with van der Waals surface area (Å²) in [5.74, 6) is -0.438. The van der Waals surface area contributed by atoms with Crippen molar-refractivity contribution < 1.29 is 15.4 Å². The van der Waals surface area contributed by atoms with E-state index in [1.165, 1.54) is 0 Å². The summed E-state index contributed by atoms with van der Waals surface area (Å²) in [5.41, 5.74) is 0. The van der Waals surface area contributed by atoms with Crippen LogP contribution in [0.1, 0.15) is 20.3 Å². The van der Waals surface area contributed by atoms with Crippen molar-refractivity contribution >= 4 is 5.97 Å². The molecule has 3 heteroatoms. The van der Waals surface area contributed by atoms with Gasteiger partial charge in [-0.25, -0.2) is 0 Å². The fraction of sp³-hybridized carbons (Fsp3) is 0.800. The van der Waals surface area contributed by atoms with E-state index >= 15 is 0 Å². The van der Waals surface area contributed by atoms with Crippen LogP contribution in [0.25, 0.3) is 0 Å². The van der Waals surface area contributed by atoms with E-state index in [9.17, 15) is 4.79 Å². The molecular weight excluding hydrogens is 108 g/mol. The number of rotatable bonds is 2. The third-order valence-electron chi connectivity index (χ3n) is 0.583. The van der Waals surface area contributed by atoms with Crippen molar-refractivity contribution in [2.75, 3.05) is 0 Å². The highest BCUT2D eigenvalue weighted by atomic mass is 16.4. The van der Waals surface area contributed by atoms with Gasteiger partial charge >= 0.3 is 5.97 Å². The van der Waals surface area contributed by atoms with Crippen molar-refractivity contribution in [3.05, 3.63) is 0 Å². The Kier molecular flexibility index (Phi) is 5.97. The first-order chi connectivity index (χ1) is 3.13. The summed E-state index contributed by atoms with van der Waals surface area (Å²) >= 11 is 0. The molecule has 0 amide bonds. The first kappa shape index (κ1) is 10.4. The second-order valence-corrected chi connectivity index (χ2v) is 1.99. The van der Waals surface area contributed by atoms with Gasteiger partial charge in [-0.05, 0) is 5.92 Å². The van der Waals surface area contributed by atoms with Crippen LogP contribution in [0.5, 0.6) is 0 Å². The molecule has 0 radical (unpaired) electrons. The van der Waals surface area contributed by atoms with Gasteiger partial charge in [0.15, 0.2) is 0 Å². The zero-order valence-electron chi connectivity index (χ0n) is 5.14. The Morgan fingerprint density at radius 2 is 2.00 bits per heavy atom. The molecular formula is C5H12O3. The maximum Gasteiger partial charge on any atom is 0.303 e. The van der Waals surface area contributed by atoms with E-state index < -0.39 is 5.97 Å². The number of hydrogen-bond acceptors (Lipinski definition) is 1. The number of hydrogen-bond donors (Lipinski definition) is 1. The van der Waals surface area contributed by atoms with Crippen molar-refractivity contribution in [2.24, 2.45) is 5.92 Å². The average molecular weight is 120 g/mol. The van der Waals surface area contributed by atoms with Gasteiger partial charge in [0, 0.05) is 6.42 Å². The summed E-state index contributed by atoms with van der Waals surface area (Å²) in [4.78, 5) is 9.81. The van der Waals surface area contributed by atoms with Crippen LogP contribution < -0.4 is 0 Å². The third-order valence-corrected chi connectivity index (χ3v) is 0.583. The van der Waals surface area contributed by atoms with Crippen molar-refractivity contribution in [3.8, 4) is 0 Å². The highest BCUT2D eigenvalue weighted by Crippen LogP contribution is 1.96. The van der Waals surface area contributed by atoms with Gasteiger partial charge in [0.1, 0.15) is 0 Å². The predicted molar refractivity (Wildman–Crippen MR) is 30.7 cm³/mol. The molecule has 3 nitrogen and oxygen atoms in total. The molecule has 0 bridgehead atoms. The van der Waals surface area contributed by atoms with Crippen molar-refractivity contribution in [3.63, 3.8) is 0 Å². The molecule has 50 valence electrons. The van der Waals surface area contributed by atoms with E-state index in [1.54, 1.807) is 0 Å². The fourth-order valence-electron chi connectivity index (χ4n) is 0.349. The molecule has 0 aromatic heterocycles. The molecule has 0 atom stereocenters. The molecule has 8 heavy (non-hydrogen) atoms. The monoisotopic (exact) mass is 120 g/mol. The lowest BCUT2D eigenvalue weighted by molar-refractivity contribution is -0.137. The predicted octanol–water partition coefficient (Wildman–Crippen LogP) is 0.292.